The molecule has 18 heavy (non-hydrogen) atoms. The molecule has 0 unspecified atom stereocenters. The van der Waals surface area contributed by atoms with Gasteiger partial charge in [-0.1, -0.05) is 30.1 Å². The molecule has 1 aromatic heterocycles. The monoisotopic (exact) mass is 331 g/mol. The number of hydrogen-bond acceptors (Lipinski definition) is 4. The van der Waals surface area contributed by atoms with Crippen LogP contribution >= 0.6 is 34.5 Å². The lowest BCUT2D eigenvalue weighted by atomic mass is 10.4. The van der Waals surface area contributed by atoms with E-state index in [4.69, 9.17) is 27.9 Å². The summed E-state index contributed by atoms with van der Waals surface area (Å²) in [6.45, 7) is 3.56. The Morgan fingerprint density at radius 1 is 1.39 bits per heavy atom. The molecule has 1 rings (SSSR count). The van der Waals surface area contributed by atoms with Crippen LogP contribution in [-0.4, -0.2) is 28.2 Å². The van der Waals surface area contributed by atoms with Crippen molar-refractivity contribution in [2.45, 2.75) is 24.7 Å². The Bertz CT molecular complexity index is 473. The highest BCUT2D eigenvalue weighted by atomic mass is 35.5. The minimum absolute atomic E-state index is 0.0358. The average molecular weight is 332 g/mol. The van der Waals surface area contributed by atoms with Crippen LogP contribution in [-0.2, 0) is 14.8 Å². The maximum Gasteiger partial charge on any atom is 0.242 e. The van der Waals surface area contributed by atoms with E-state index in [1.54, 1.807) is 0 Å². The van der Waals surface area contributed by atoms with Crippen LogP contribution in [0, 0.1) is 0 Å². The predicted octanol–water partition coefficient (Wildman–Crippen LogP) is 3.15. The van der Waals surface area contributed by atoms with E-state index in [2.05, 4.69) is 4.72 Å². The molecule has 1 aromatic rings. The number of rotatable bonds is 8. The van der Waals surface area contributed by atoms with Crippen molar-refractivity contribution in [1.82, 2.24) is 4.72 Å². The third kappa shape index (κ3) is 5.03. The molecule has 0 atom stereocenters. The van der Waals surface area contributed by atoms with Crippen LogP contribution in [0.25, 0.3) is 0 Å². The van der Waals surface area contributed by atoms with Gasteiger partial charge in [0, 0.05) is 19.8 Å². The summed E-state index contributed by atoms with van der Waals surface area (Å²) in [7, 11) is -3.57. The summed E-state index contributed by atoms with van der Waals surface area (Å²) in [6, 6.07) is 1.35. The highest BCUT2D eigenvalue weighted by Gasteiger charge is 2.20. The topological polar surface area (TPSA) is 55.4 Å². The average Bonchev–Trinajstić information content (AvgIpc) is 2.63. The van der Waals surface area contributed by atoms with Crippen molar-refractivity contribution in [3.05, 3.63) is 14.7 Å². The van der Waals surface area contributed by atoms with Gasteiger partial charge in [-0.3, -0.25) is 0 Å². The molecular weight excluding hydrogens is 317 g/mol. The summed E-state index contributed by atoms with van der Waals surface area (Å²) in [5.41, 5.74) is 0. The van der Waals surface area contributed by atoms with E-state index >= 15 is 0 Å². The van der Waals surface area contributed by atoms with Gasteiger partial charge in [0.05, 0.1) is 4.34 Å². The van der Waals surface area contributed by atoms with E-state index in [1.807, 2.05) is 6.92 Å². The fourth-order valence-electron chi connectivity index (χ4n) is 1.21. The molecule has 1 heterocycles. The molecule has 0 fully saturated rings. The van der Waals surface area contributed by atoms with Gasteiger partial charge in [-0.05, 0) is 18.9 Å². The standard InChI is InChI=1S/C10H15Cl2NO3S2/c1-2-5-16-6-3-4-13-18(14,15)8-7-9(11)17-10(8)12/h7,13H,2-6H2,1H3. The van der Waals surface area contributed by atoms with Crippen molar-refractivity contribution < 1.29 is 13.2 Å². The van der Waals surface area contributed by atoms with Crippen LogP contribution in [0.3, 0.4) is 0 Å². The molecule has 8 heteroatoms. The molecule has 0 aromatic carbocycles. The van der Waals surface area contributed by atoms with Crippen LogP contribution in [0.15, 0.2) is 11.0 Å². The van der Waals surface area contributed by atoms with E-state index in [1.165, 1.54) is 6.07 Å². The first kappa shape index (κ1) is 16.2. The van der Waals surface area contributed by atoms with Crippen molar-refractivity contribution in [3.63, 3.8) is 0 Å². The Labute approximate surface area is 121 Å². The maximum absolute atomic E-state index is 11.9. The Morgan fingerprint density at radius 3 is 2.67 bits per heavy atom. The number of halogens is 2. The van der Waals surface area contributed by atoms with Crippen molar-refractivity contribution in [1.29, 1.82) is 0 Å². The van der Waals surface area contributed by atoms with Crippen molar-refractivity contribution >= 4 is 44.6 Å². The number of thiophene rings is 1. The molecule has 0 saturated heterocycles. The Balaban J connectivity index is 2.43. The minimum Gasteiger partial charge on any atom is -0.381 e. The van der Waals surface area contributed by atoms with Gasteiger partial charge in [0.2, 0.25) is 10.0 Å². The third-order valence-corrected chi connectivity index (χ3v) is 5.23. The van der Waals surface area contributed by atoms with Crippen molar-refractivity contribution in [3.8, 4) is 0 Å². The lowest BCUT2D eigenvalue weighted by molar-refractivity contribution is 0.133. The zero-order chi connectivity index (χ0) is 13.6. The summed E-state index contributed by atoms with van der Waals surface area (Å²) >= 11 is 12.5. The Morgan fingerprint density at radius 2 is 2.11 bits per heavy atom. The van der Waals surface area contributed by atoms with Gasteiger partial charge in [0.25, 0.3) is 0 Å². The van der Waals surface area contributed by atoms with E-state index in [0.717, 1.165) is 17.8 Å². The first-order valence-electron chi connectivity index (χ1n) is 5.49. The molecule has 0 radical (unpaired) electrons. The molecule has 0 saturated carbocycles. The smallest absolute Gasteiger partial charge is 0.242 e. The summed E-state index contributed by atoms with van der Waals surface area (Å²) < 4.78 is 32.0. The largest absolute Gasteiger partial charge is 0.381 e. The first-order valence-corrected chi connectivity index (χ1v) is 8.55. The molecule has 4 nitrogen and oxygen atoms in total. The molecule has 0 aliphatic heterocycles. The second-order valence-corrected chi connectivity index (χ2v) is 7.57. The van der Waals surface area contributed by atoms with Gasteiger partial charge >= 0.3 is 0 Å². The number of ether oxygens (including phenoxy) is 1. The van der Waals surface area contributed by atoms with Gasteiger partial charge in [0.1, 0.15) is 9.23 Å². The second kappa shape index (κ2) is 7.67. The molecule has 0 spiro atoms. The SMILES string of the molecule is CCCOCCCNS(=O)(=O)c1cc(Cl)sc1Cl. The van der Waals surface area contributed by atoms with Gasteiger partial charge in [-0.15, -0.1) is 11.3 Å². The molecule has 0 aliphatic rings. The summed E-state index contributed by atoms with van der Waals surface area (Å²) in [5, 5.41) is 0. The predicted molar refractivity (Wildman–Crippen MR) is 75.3 cm³/mol. The molecule has 0 bridgehead atoms. The summed E-state index contributed by atoms with van der Waals surface area (Å²) in [5.74, 6) is 0. The zero-order valence-corrected chi connectivity index (χ0v) is 13.1. The third-order valence-electron chi connectivity index (χ3n) is 2.02. The summed E-state index contributed by atoms with van der Waals surface area (Å²) in [6.07, 6.45) is 1.57. The van der Waals surface area contributed by atoms with Gasteiger partial charge in [0.15, 0.2) is 0 Å². The highest BCUT2D eigenvalue weighted by molar-refractivity contribution is 7.89. The van der Waals surface area contributed by atoms with E-state index < -0.39 is 10.0 Å². The fourth-order valence-corrected chi connectivity index (χ4v) is 4.43. The van der Waals surface area contributed by atoms with Crippen molar-refractivity contribution in [2.75, 3.05) is 19.8 Å². The second-order valence-electron chi connectivity index (χ2n) is 3.55. The Kier molecular flexibility index (Phi) is 6.90. The van der Waals surface area contributed by atoms with Crippen LogP contribution in [0.4, 0.5) is 0 Å². The van der Waals surface area contributed by atoms with Crippen molar-refractivity contribution in [2.24, 2.45) is 0 Å². The van der Waals surface area contributed by atoms with E-state index in [9.17, 15) is 8.42 Å². The van der Waals surface area contributed by atoms with E-state index in [-0.39, 0.29) is 9.23 Å². The molecule has 0 amide bonds. The van der Waals surface area contributed by atoms with E-state index in [0.29, 0.717) is 30.5 Å². The molecule has 0 aliphatic carbocycles. The molecule has 1 N–H and O–H groups in total. The molecule has 104 valence electrons. The summed E-state index contributed by atoms with van der Waals surface area (Å²) in [4.78, 5) is 0.0358. The number of nitrogens with one attached hydrogen (secondary N) is 1. The minimum atomic E-state index is -3.57. The van der Waals surface area contributed by atoms with Gasteiger partial charge < -0.3 is 4.74 Å². The van der Waals surface area contributed by atoms with Gasteiger partial charge in [-0.2, -0.15) is 0 Å². The van der Waals surface area contributed by atoms with Gasteiger partial charge in [-0.25, -0.2) is 13.1 Å². The zero-order valence-electron chi connectivity index (χ0n) is 9.91. The van der Waals surface area contributed by atoms with Crippen LogP contribution in [0.2, 0.25) is 8.67 Å². The lowest BCUT2D eigenvalue weighted by Gasteiger charge is -2.06. The first-order chi connectivity index (χ1) is 8.47. The number of hydrogen-bond donors (Lipinski definition) is 1. The van der Waals surface area contributed by atoms with Crippen LogP contribution < -0.4 is 4.72 Å². The number of sulfonamides is 1. The highest BCUT2D eigenvalue weighted by Crippen LogP contribution is 2.33. The lowest BCUT2D eigenvalue weighted by Crippen LogP contribution is -2.25. The normalized spacial score (nSPS) is 11.9. The van der Waals surface area contributed by atoms with Crippen LogP contribution in [0.5, 0.6) is 0 Å². The quantitative estimate of drug-likeness (QED) is 0.744. The fraction of sp³-hybridized carbons (Fsp3) is 0.600. The Hall–Kier alpha value is 0.150. The van der Waals surface area contributed by atoms with Crippen LogP contribution in [0.1, 0.15) is 19.8 Å². The molecular formula is C10H15Cl2NO3S2. The maximum atomic E-state index is 11.9.